The lowest BCUT2D eigenvalue weighted by atomic mass is 9.97. The molecule has 0 bridgehead atoms. The predicted molar refractivity (Wildman–Crippen MR) is 131 cm³/mol. The highest BCUT2D eigenvalue weighted by Crippen LogP contribution is 2.27. The van der Waals surface area contributed by atoms with Crippen LogP contribution in [0.4, 0.5) is 0 Å². The van der Waals surface area contributed by atoms with Crippen molar-refractivity contribution in [2.75, 3.05) is 0 Å². The van der Waals surface area contributed by atoms with Crippen molar-refractivity contribution in [2.24, 2.45) is 4.99 Å². The summed E-state index contributed by atoms with van der Waals surface area (Å²) in [5.41, 5.74) is 7.43. The molecule has 1 N–H and O–H groups in total. The molecule has 0 saturated carbocycles. The lowest BCUT2D eigenvalue weighted by molar-refractivity contribution is 1.10. The molecule has 0 heterocycles. The maximum atomic E-state index is 4.97. The van der Waals surface area contributed by atoms with Crippen LogP contribution in [0.25, 0.3) is 5.57 Å². The number of amidine groups is 1. The van der Waals surface area contributed by atoms with Gasteiger partial charge in [-0.05, 0) is 50.0 Å². The van der Waals surface area contributed by atoms with Gasteiger partial charge < -0.3 is 5.32 Å². The van der Waals surface area contributed by atoms with Crippen LogP contribution in [0.3, 0.4) is 0 Å². The second-order valence-electron chi connectivity index (χ2n) is 6.80. The smallest absolute Gasteiger partial charge is 0.138 e. The van der Waals surface area contributed by atoms with E-state index in [-0.39, 0.29) is 0 Å². The Balaban J connectivity index is 3.86. The minimum atomic E-state index is 0.676. The molecule has 1 aromatic carbocycles. The molecule has 0 aromatic heterocycles. The van der Waals surface area contributed by atoms with E-state index in [0.29, 0.717) is 5.84 Å². The molecule has 29 heavy (non-hydrogen) atoms. The van der Waals surface area contributed by atoms with Gasteiger partial charge in [-0.15, -0.1) is 0 Å². The predicted octanol–water partition coefficient (Wildman–Crippen LogP) is 7.32. The van der Waals surface area contributed by atoms with Gasteiger partial charge in [-0.25, -0.2) is 4.99 Å². The highest BCUT2D eigenvalue weighted by atomic mass is 15.0. The van der Waals surface area contributed by atoms with Gasteiger partial charge in [0.05, 0.1) is 0 Å². The molecular weight excluding hydrogens is 352 g/mol. The van der Waals surface area contributed by atoms with Crippen molar-refractivity contribution in [2.45, 2.75) is 27.7 Å². The van der Waals surface area contributed by atoms with E-state index in [1.807, 2.05) is 52.0 Å². The third-order valence-corrected chi connectivity index (χ3v) is 4.21. The van der Waals surface area contributed by atoms with Crippen LogP contribution in [0.2, 0.25) is 0 Å². The van der Waals surface area contributed by atoms with Gasteiger partial charge in [0.2, 0.25) is 0 Å². The molecule has 150 valence electrons. The summed E-state index contributed by atoms with van der Waals surface area (Å²) < 4.78 is 0. The summed E-state index contributed by atoms with van der Waals surface area (Å²) in [6.45, 7) is 27.7. The van der Waals surface area contributed by atoms with Crippen LogP contribution in [0.15, 0.2) is 126 Å². The van der Waals surface area contributed by atoms with Crippen LogP contribution >= 0.6 is 0 Å². The molecule has 0 aliphatic carbocycles. The average Bonchev–Trinajstić information content (AvgIpc) is 2.67. The van der Waals surface area contributed by atoms with Crippen molar-refractivity contribution in [1.29, 1.82) is 0 Å². The van der Waals surface area contributed by atoms with Gasteiger partial charge in [0.15, 0.2) is 0 Å². The average molecular weight is 385 g/mol. The van der Waals surface area contributed by atoms with E-state index >= 15 is 0 Å². The Morgan fingerprint density at radius 2 is 1.55 bits per heavy atom. The number of nitrogens with one attached hydrogen (secondary N) is 1. The first-order valence-corrected chi connectivity index (χ1v) is 9.49. The molecule has 0 aliphatic heterocycles. The molecule has 2 nitrogen and oxygen atoms in total. The molecule has 0 amide bonds. The van der Waals surface area contributed by atoms with Crippen LogP contribution in [0.5, 0.6) is 0 Å². The molecule has 1 rings (SSSR count). The van der Waals surface area contributed by atoms with Gasteiger partial charge in [-0.1, -0.05) is 87.5 Å². The van der Waals surface area contributed by atoms with Gasteiger partial charge in [0.25, 0.3) is 0 Å². The molecule has 0 radical (unpaired) electrons. The Morgan fingerprint density at radius 3 is 2.00 bits per heavy atom. The standard InChI is InChI=1S/C27H32N2/c1-10-16-23(12-3)26(21(8)11-2)27(28-20(6)7)29-22(9)25(19(4)5)24-17-14-13-15-18-24/h10-18H,1-4,6H2,5,7-9H3,(H,28,29)/b23-16+,25-22-,26-21+. The highest BCUT2D eigenvalue weighted by molar-refractivity contribution is 6.05. The zero-order valence-electron chi connectivity index (χ0n) is 18.2. The lowest BCUT2D eigenvalue weighted by Gasteiger charge is -2.18. The number of hydrogen-bond donors (Lipinski definition) is 1. The summed E-state index contributed by atoms with van der Waals surface area (Å²) in [7, 11) is 0. The number of allylic oxidation sites excluding steroid dienone is 9. The highest BCUT2D eigenvalue weighted by Gasteiger charge is 2.15. The molecule has 1 aromatic rings. The summed E-state index contributed by atoms with van der Waals surface area (Å²) in [5, 5.41) is 3.31. The number of hydrogen-bond acceptors (Lipinski definition) is 1. The van der Waals surface area contributed by atoms with Crippen molar-refractivity contribution >= 4 is 11.4 Å². The summed E-state index contributed by atoms with van der Waals surface area (Å²) in [5.74, 6) is 0.676. The van der Waals surface area contributed by atoms with Crippen LogP contribution in [-0.4, -0.2) is 5.84 Å². The molecule has 0 saturated heterocycles. The van der Waals surface area contributed by atoms with Crippen molar-refractivity contribution in [3.8, 4) is 0 Å². The fourth-order valence-electron chi connectivity index (χ4n) is 2.97. The van der Waals surface area contributed by atoms with Crippen molar-refractivity contribution in [3.05, 3.63) is 127 Å². The number of nitrogens with zero attached hydrogens (tertiary/aromatic N) is 1. The van der Waals surface area contributed by atoms with E-state index in [0.717, 1.165) is 44.8 Å². The minimum Gasteiger partial charge on any atom is -0.344 e. The third-order valence-electron chi connectivity index (χ3n) is 4.21. The monoisotopic (exact) mass is 384 g/mol. The Hall–Kier alpha value is -3.39. The van der Waals surface area contributed by atoms with Crippen molar-refractivity contribution in [3.63, 3.8) is 0 Å². The zero-order valence-corrected chi connectivity index (χ0v) is 18.2. The van der Waals surface area contributed by atoms with Crippen molar-refractivity contribution < 1.29 is 0 Å². The van der Waals surface area contributed by atoms with E-state index in [1.165, 1.54) is 0 Å². The summed E-state index contributed by atoms with van der Waals surface area (Å²) in [6, 6.07) is 10.1. The van der Waals surface area contributed by atoms with Crippen LogP contribution < -0.4 is 5.32 Å². The fraction of sp³-hybridized carbons (Fsp3) is 0.148. The third kappa shape index (κ3) is 6.62. The maximum Gasteiger partial charge on any atom is 0.138 e. The summed E-state index contributed by atoms with van der Waals surface area (Å²) >= 11 is 0. The summed E-state index contributed by atoms with van der Waals surface area (Å²) in [4.78, 5) is 4.97. The summed E-state index contributed by atoms with van der Waals surface area (Å²) in [6.07, 6.45) is 7.23. The normalized spacial score (nSPS) is 13.7. The Bertz CT molecular complexity index is 932. The van der Waals surface area contributed by atoms with Crippen LogP contribution in [0.1, 0.15) is 33.3 Å². The van der Waals surface area contributed by atoms with Crippen molar-refractivity contribution in [1.82, 2.24) is 5.32 Å². The first-order valence-electron chi connectivity index (χ1n) is 9.49. The maximum absolute atomic E-state index is 4.97. The Labute approximate surface area is 176 Å². The van der Waals surface area contributed by atoms with Crippen LogP contribution in [-0.2, 0) is 0 Å². The molecule has 0 aliphatic rings. The second kappa shape index (κ2) is 11.5. The first kappa shape index (κ1) is 23.6. The molecule has 0 spiro atoms. The topological polar surface area (TPSA) is 24.4 Å². The molecule has 0 atom stereocenters. The molecular formula is C27H32N2. The Kier molecular flexibility index (Phi) is 9.34. The van der Waals surface area contributed by atoms with Gasteiger partial charge in [-0.3, -0.25) is 0 Å². The van der Waals surface area contributed by atoms with Gasteiger partial charge in [-0.2, -0.15) is 0 Å². The number of benzene rings is 1. The van der Waals surface area contributed by atoms with Gasteiger partial charge in [0.1, 0.15) is 5.84 Å². The lowest BCUT2D eigenvalue weighted by Crippen LogP contribution is -2.25. The molecule has 0 fully saturated rings. The van der Waals surface area contributed by atoms with Crippen LogP contribution in [0, 0.1) is 0 Å². The minimum absolute atomic E-state index is 0.676. The van der Waals surface area contributed by atoms with Gasteiger partial charge >= 0.3 is 0 Å². The van der Waals surface area contributed by atoms with E-state index < -0.39 is 0 Å². The quantitative estimate of drug-likeness (QED) is 0.269. The second-order valence-corrected chi connectivity index (χ2v) is 6.80. The fourth-order valence-corrected chi connectivity index (χ4v) is 2.97. The Morgan fingerprint density at radius 1 is 0.931 bits per heavy atom. The van der Waals surface area contributed by atoms with E-state index in [2.05, 4.69) is 50.3 Å². The van der Waals surface area contributed by atoms with E-state index in [1.54, 1.807) is 18.2 Å². The number of rotatable bonds is 9. The largest absolute Gasteiger partial charge is 0.344 e. The SMILES string of the molecule is C=C/C=C(C=C)/C(C(=N/C(C)=C(/C(=C)C)c1ccccc1)/NC(=C)C)=C(/C)C=C. The molecule has 2 heteroatoms. The van der Waals surface area contributed by atoms with Gasteiger partial charge in [0, 0.05) is 22.5 Å². The first-order chi connectivity index (χ1) is 13.8. The molecule has 0 unspecified atom stereocenters. The zero-order chi connectivity index (χ0) is 22.0. The van der Waals surface area contributed by atoms with E-state index in [4.69, 9.17) is 4.99 Å². The van der Waals surface area contributed by atoms with E-state index in [9.17, 15) is 0 Å². The number of aliphatic imine (C=N–C) groups is 1.